The lowest BCUT2D eigenvalue weighted by Gasteiger charge is -2.24. The summed E-state index contributed by atoms with van der Waals surface area (Å²) in [7, 11) is 0. The average Bonchev–Trinajstić information content (AvgIpc) is 3.31. The molecule has 2 aromatic heterocycles. The highest BCUT2D eigenvalue weighted by atomic mass is 32.1. The molecule has 0 aliphatic carbocycles. The summed E-state index contributed by atoms with van der Waals surface area (Å²) in [6.07, 6.45) is 4.04. The zero-order valence-electron chi connectivity index (χ0n) is 13.9. The Kier molecular flexibility index (Phi) is 6.07. The van der Waals surface area contributed by atoms with Crippen molar-refractivity contribution in [3.8, 4) is 0 Å². The predicted octanol–water partition coefficient (Wildman–Crippen LogP) is 3.20. The van der Waals surface area contributed by atoms with Gasteiger partial charge in [-0.05, 0) is 43.3 Å². The van der Waals surface area contributed by atoms with Crippen LogP contribution in [0.25, 0.3) is 0 Å². The summed E-state index contributed by atoms with van der Waals surface area (Å²) >= 11 is 1.72. The number of hydrogen-bond donors (Lipinski definition) is 1. The SMILES string of the molecule is C[C@@H](NC(=O)CN(Cc1cccs1)C[C@H]1CCCO1)c1ccco1. The summed E-state index contributed by atoms with van der Waals surface area (Å²) in [4.78, 5) is 15.9. The van der Waals surface area contributed by atoms with Crippen molar-refractivity contribution in [1.29, 1.82) is 0 Å². The molecule has 3 heterocycles. The standard InChI is InChI=1S/C18H24N2O3S/c1-14(17-7-3-9-23-17)19-18(21)13-20(11-15-5-2-8-22-15)12-16-6-4-10-24-16/h3-4,6-7,9-10,14-15H,2,5,8,11-13H2,1H3,(H,19,21)/t14-,15-/m1/s1. The lowest BCUT2D eigenvalue weighted by molar-refractivity contribution is -0.123. The van der Waals surface area contributed by atoms with E-state index in [1.807, 2.05) is 25.1 Å². The molecule has 0 spiro atoms. The normalized spacial score (nSPS) is 18.8. The van der Waals surface area contributed by atoms with Gasteiger partial charge in [0, 0.05) is 24.6 Å². The molecule has 1 N–H and O–H groups in total. The van der Waals surface area contributed by atoms with Gasteiger partial charge in [0.15, 0.2) is 0 Å². The molecule has 0 bridgehead atoms. The summed E-state index contributed by atoms with van der Waals surface area (Å²) < 4.78 is 11.1. The van der Waals surface area contributed by atoms with E-state index in [0.717, 1.165) is 38.3 Å². The number of hydrogen-bond acceptors (Lipinski definition) is 5. The summed E-state index contributed by atoms with van der Waals surface area (Å²) in [5, 5.41) is 5.07. The van der Waals surface area contributed by atoms with Gasteiger partial charge in [-0.15, -0.1) is 11.3 Å². The van der Waals surface area contributed by atoms with Gasteiger partial charge in [-0.1, -0.05) is 6.07 Å². The summed E-state index contributed by atoms with van der Waals surface area (Å²) in [6, 6.07) is 7.73. The molecule has 0 radical (unpaired) electrons. The van der Waals surface area contributed by atoms with Crippen LogP contribution in [0.5, 0.6) is 0 Å². The first-order valence-electron chi connectivity index (χ1n) is 8.40. The van der Waals surface area contributed by atoms with Gasteiger partial charge in [0.05, 0.1) is 25.0 Å². The van der Waals surface area contributed by atoms with E-state index in [1.165, 1.54) is 4.88 Å². The fourth-order valence-corrected chi connectivity index (χ4v) is 3.73. The highest BCUT2D eigenvalue weighted by Crippen LogP contribution is 2.17. The molecule has 24 heavy (non-hydrogen) atoms. The number of nitrogens with zero attached hydrogens (tertiary/aromatic N) is 1. The molecule has 1 amide bonds. The van der Waals surface area contributed by atoms with Crippen LogP contribution in [-0.2, 0) is 16.1 Å². The molecule has 1 saturated heterocycles. The van der Waals surface area contributed by atoms with E-state index in [-0.39, 0.29) is 18.1 Å². The van der Waals surface area contributed by atoms with E-state index in [2.05, 4.69) is 21.7 Å². The molecular formula is C18H24N2O3S. The molecule has 0 saturated carbocycles. The van der Waals surface area contributed by atoms with Gasteiger partial charge in [-0.3, -0.25) is 9.69 Å². The van der Waals surface area contributed by atoms with Gasteiger partial charge in [-0.25, -0.2) is 0 Å². The zero-order chi connectivity index (χ0) is 16.8. The predicted molar refractivity (Wildman–Crippen MR) is 93.8 cm³/mol. The van der Waals surface area contributed by atoms with Gasteiger partial charge in [0.25, 0.3) is 0 Å². The smallest absolute Gasteiger partial charge is 0.234 e. The van der Waals surface area contributed by atoms with Crippen molar-refractivity contribution in [3.63, 3.8) is 0 Å². The van der Waals surface area contributed by atoms with Crippen LogP contribution in [0, 0.1) is 0 Å². The Morgan fingerprint density at radius 1 is 1.46 bits per heavy atom. The molecule has 2 atom stereocenters. The lowest BCUT2D eigenvalue weighted by atomic mass is 10.2. The van der Waals surface area contributed by atoms with Crippen LogP contribution in [0.15, 0.2) is 40.3 Å². The second kappa shape index (κ2) is 8.46. The van der Waals surface area contributed by atoms with Crippen LogP contribution < -0.4 is 5.32 Å². The van der Waals surface area contributed by atoms with Crippen molar-refractivity contribution in [2.24, 2.45) is 0 Å². The number of carbonyl (C=O) groups excluding carboxylic acids is 1. The van der Waals surface area contributed by atoms with Gasteiger partial charge in [0.1, 0.15) is 5.76 Å². The molecule has 3 rings (SSSR count). The second-order valence-corrected chi connectivity index (χ2v) is 7.22. The van der Waals surface area contributed by atoms with Crippen LogP contribution in [0.4, 0.5) is 0 Å². The molecule has 0 unspecified atom stereocenters. The van der Waals surface area contributed by atoms with Crippen molar-refractivity contribution >= 4 is 17.2 Å². The molecule has 1 aliphatic rings. The van der Waals surface area contributed by atoms with E-state index in [0.29, 0.717) is 6.54 Å². The highest BCUT2D eigenvalue weighted by molar-refractivity contribution is 7.09. The summed E-state index contributed by atoms with van der Waals surface area (Å²) in [5.74, 6) is 0.778. The first-order chi connectivity index (χ1) is 11.7. The Hall–Kier alpha value is -1.63. The number of ether oxygens (including phenoxy) is 1. The van der Waals surface area contributed by atoms with Crippen LogP contribution >= 0.6 is 11.3 Å². The number of furan rings is 1. The fourth-order valence-electron chi connectivity index (χ4n) is 2.98. The fraction of sp³-hybridized carbons (Fsp3) is 0.500. The Labute approximate surface area is 146 Å². The molecule has 6 heteroatoms. The van der Waals surface area contributed by atoms with Crippen molar-refractivity contribution in [2.75, 3.05) is 19.7 Å². The molecule has 0 aromatic carbocycles. The van der Waals surface area contributed by atoms with Crippen molar-refractivity contribution < 1.29 is 13.9 Å². The third-order valence-electron chi connectivity index (χ3n) is 4.16. The molecule has 5 nitrogen and oxygen atoms in total. The second-order valence-electron chi connectivity index (χ2n) is 6.19. The molecule has 2 aromatic rings. The molecule has 1 aliphatic heterocycles. The minimum Gasteiger partial charge on any atom is -0.467 e. The minimum absolute atomic E-state index is 0.00783. The van der Waals surface area contributed by atoms with Crippen LogP contribution in [0.3, 0.4) is 0 Å². The van der Waals surface area contributed by atoms with Crippen LogP contribution in [-0.4, -0.2) is 36.6 Å². The third-order valence-corrected chi connectivity index (χ3v) is 5.02. The maximum absolute atomic E-state index is 12.4. The van der Waals surface area contributed by atoms with Crippen molar-refractivity contribution in [1.82, 2.24) is 10.2 Å². The van der Waals surface area contributed by atoms with Gasteiger partial charge in [0.2, 0.25) is 5.91 Å². The molecule has 130 valence electrons. The maximum atomic E-state index is 12.4. The molecule has 1 fully saturated rings. The largest absolute Gasteiger partial charge is 0.467 e. The van der Waals surface area contributed by atoms with E-state index >= 15 is 0 Å². The first kappa shape index (κ1) is 17.2. The van der Waals surface area contributed by atoms with Crippen molar-refractivity contribution in [3.05, 3.63) is 46.5 Å². The maximum Gasteiger partial charge on any atom is 0.234 e. The number of rotatable bonds is 8. The van der Waals surface area contributed by atoms with Crippen LogP contribution in [0.2, 0.25) is 0 Å². The monoisotopic (exact) mass is 348 g/mol. The number of thiophene rings is 1. The summed E-state index contributed by atoms with van der Waals surface area (Å²) in [6.45, 7) is 4.70. The Bertz CT molecular complexity index is 606. The zero-order valence-corrected chi connectivity index (χ0v) is 14.8. The van der Waals surface area contributed by atoms with E-state index in [1.54, 1.807) is 17.6 Å². The van der Waals surface area contributed by atoms with Crippen molar-refractivity contribution in [2.45, 2.75) is 38.5 Å². The Morgan fingerprint density at radius 2 is 2.38 bits per heavy atom. The van der Waals surface area contributed by atoms with Gasteiger partial charge < -0.3 is 14.5 Å². The van der Waals surface area contributed by atoms with Crippen LogP contribution in [0.1, 0.15) is 36.4 Å². The Morgan fingerprint density at radius 3 is 3.04 bits per heavy atom. The van der Waals surface area contributed by atoms with E-state index in [9.17, 15) is 4.79 Å². The summed E-state index contributed by atoms with van der Waals surface area (Å²) in [5.41, 5.74) is 0. The lowest BCUT2D eigenvalue weighted by Crippen LogP contribution is -2.41. The quantitative estimate of drug-likeness (QED) is 0.796. The van der Waals surface area contributed by atoms with E-state index < -0.39 is 0 Å². The first-order valence-corrected chi connectivity index (χ1v) is 9.28. The Balaban J connectivity index is 1.56. The minimum atomic E-state index is -0.126. The molecular weight excluding hydrogens is 324 g/mol. The van der Waals surface area contributed by atoms with Gasteiger partial charge >= 0.3 is 0 Å². The van der Waals surface area contributed by atoms with Gasteiger partial charge in [-0.2, -0.15) is 0 Å². The van der Waals surface area contributed by atoms with E-state index in [4.69, 9.17) is 9.15 Å². The topological polar surface area (TPSA) is 54.7 Å². The highest BCUT2D eigenvalue weighted by Gasteiger charge is 2.22. The number of nitrogens with one attached hydrogen (secondary N) is 1. The third kappa shape index (κ3) is 4.93. The average molecular weight is 348 g/mol. The number of amides is 1. The number of carbonyl (C=O) groups is 1.